The second-order valence-corrected chi connectivity index (χ2v) is 5.56. The van der Waals surface area contributed by atoms with E-state index in [0.29, 0.717) is 6.61 Å². The van der Waals surface area contributed by atoms with Gasteiger partial charge in [-0.05, 0) is 19.6 Å². The molecular weight excluding hydrogens is 284 g/mol. The second kappa shape index (κ2) is 8.16. The number of hydrogen-bond donors (Lipinski definition) is 1. The Morgan fingerprint density at radius 1 is 1.53 bits per heavy atom. The number of nitrogens with zero attached hydrogens (tertiary/aromatic N) is 1. The fourth-order valence-corrected chi connectivity index (χ4v) is 2.80. The molecule has 106 valence electrons. The average molecular weight is 302 g/mol. The van der Waals surface area contributed by atoms with E-state index in [9.17, 15) is 9.59 Å². The minimum atomic E-state index is -0.484. The summed E-state index contributed by atoms with van der Waals surface area (Å²) in [6, 6.07) is 0.121. The molecule has 0 aliphatic heterocycles. The molecule has 1 atom stereocenters. The number of thioether (sulfide) groups is 1. The second-order valence-electron chi connectivity index (χ2n) is 3.79. The summed E-state index contributed by atoms with van der Waals surface area (Å²) in [4.78, 5) is 27.4. The number of aromatic nitrogens is 1. The first-order chi connectivity index (χ1) is 9.12. The normalized spacial score (nSPS) is 11.9. The van der Waals surface area contributed by atoms with E-state index >= 15 is 0 Å². The Morgan fingerprint density at radius 3 is 2.84 bits per heavy atom. The van der Waals surface area contributed by atoms with Gasteiger partial charge in [-0.1, -0.05) is 6.92 Å². The fraction of sp³-hybridized carbons (Fsp3) is 0.583. The van der Waals surface area contributed by atoms with Crippen molar-refractivity contribution in [1.29, 1.82) is 0 Å². The molecule has 0 bridgehead atoms. The highest BCUT2D eigenvalue weighted by Crippen LogP contribution is 2.12. The zero-order chi connectivity index (χ0) is 14.3. The van der Waals surface area contributed by atoms with Crippen molar-refractivity contribution in [3.05, 3.63) is 16.1 Å². The number of rotatable bonds is 7. The molecule has 0 saturated carbocycles. The lowest BCUT2D eigenvalue weighted by Crippen LogP contribution is -2.36. The first kappa shape index (κ1) is 16.0. The van der Waals surface area contributed by atoms with Crippen LogP contribution in [0.4, 0.5) is 0 Å². The molecule has 1 aromatic rings. The quantitative estimate of drug-likeness (QED) is 0.782. The van der Waals surface area contributed by atoms with E-state index in [0.717, 1.165) is 23.5 Å². The van der Waals surface area contributed by atoms with Crippen LogP contribution in [-0.2, 0) is 4.74 Å². The molecule has 0 fully saturated rings. The molecular formula is C12H18N2O3S2. The van der Waals surface area contributed by atoms with Crippen molar-refractivity contribution in [3.63, 3.8) is 0 Å². The smallest absolute Gasteiger partial charge is 0.367 e. The minimum absolute atomic E-state index is 0.121. The Hall–Kier alpha value is -1.08. The van der Waals surface area contributed by atoms with E-state index in [-0.39, 0.29) is 22.7 Å². The van der Waals surface area contributed by atoms with Gasteiger partial charge in [0.2, 0.25) is 5.01 Å². The molecule has 1 unspecified atom stereocenters. The van der Waals surface area contributed by atoms with Gasteiger partial charge < -0.3 is 10.1 Å². The maximum atomic E-state index is 12.0. The van der Waals surface area contributed by atoms with Crippen molar-refractivity contribution < 1.29 is 14.3 Å². The predicted molar refractivity (Wildman–Crippen MR) is 78.0 cm³/mol. The van der Waals surface area contributed by atoms with E-state index in [4.69, 9.17) is 4.74 Å². The third-order valence-corrected chi connectivity index (χ3v) is 3.94. The standard InChI is InChI=1S/C12H18N2O3S2/c1-4-8(6-18-3)13-10(15)9-7-19-11(14-9)12(16)17-5-2/h7-8H,4-6H2,1-3H3,(H,13,15). The van der Waals surface area contributed by atoms with Crippen LogP contribution in [0.15, 0.2) is 5.38 Å². The number of amides is 1. The van der Waals surface area contributed by atoms with Crippen molar-refractivity contribution in [3.8, 4) is 0 Å². The van der Waals surface area contributed by atoms with Gasteiger partial charge in [-0.15, -0.1) is 11.3 Å². The van der Waals surface area contributed by atoms with Crippen molar-refractivity contribution in [2.75, 3.05) is 18.6 Å². The van der Waals surface area contributed by atoms with Gasteiger partial charge in [0.1, 0.15) is 5.69 Å². The molecule has 0 aliphatic rings. The van der Waals surface area contributed by atoms with Crippen LogP contribution in [0.25, 0.3) is 0 Å². The maximum Gasteiger partial charge on any atom is 0.367 e. The SMILES string of the molecule is CCOC(=O)c1nc(C(=O)NC(CC)CSC)cs1. The third-order valence-electron chi connectivity index (χ3n) is 2.38. The molecule has 7 heteroatoms. The Kier molecular flexibility index (Phi) is 6.86. The molecule has 0 spiro atoms. The van der Waals surface area contributed by atoms with Crippen LogP contribution in [0, 0.1) is 0 Å². The fourth-order valence-electron chi connectivity index (χ4n) is 1.39. The van der Waals surface area contributed by atoms with Crippen LogP contribution in [-0.4, -0.2) is 41.5 Å². The summed E-state index contributed by atoms with van der Waals surface area (Å²) in [7, 11) is 0. The lowest BCUT2D eigenvalue weighted by molar-refractivity contribution is 0.0526. The highest BCUT2D eigenvalue weighted by atomic mass is 32.2. The Bertz CT molecular complexity index is 434. The van der Waals surface area contributed by atoms with Crippen LogP contribution >= 0.6 is 23.1 Å². The summed E-state index contributed by atoms with van der Waals surface area (Å²) in [5.74, 6) is 0.132. The first-order valence-electron chi connectivity index (χ1n) is 6.04. The highest BCUT2D eigenvalue weighted by molar-refractivity contribution is 7.98. The lowest BCUT2D eigenvalue weighted by Gasteiger charge is -2.14. The number of carbonyl (C=O) groups is 2. The average Bonchev–Trinajstić information content (AvgIpc) is 2.88. The molecule has 1 amide bonds. The van der Waals surface area contributed by atoms with Gasteiger partial charge in [0.25, 0.3) is 5.91 Å². The molecule has 0 radical (unpaired) electrons. The Balaban J connectivity index is 2.65. The Morgan fingerprint density at radius 2 is 2.26 bits per heavy atom. The van der Waals surface area contributed by atoms with Crippen LogP contribution in [0.1, 0.15) is 40.6 Å². The van der Waals surface area contributed by atoms with Gasteiger partial charge in [-0.3, -0.25) is 4.79 Å². The molecule has 5 nitrogen and oxygen atoms in total. The van der Waals surface area contributed by atoms with E-state index in [1.54, 1.807) is 24.1 Å². The van der Waals surface area contributed by atoms with Crippen LogP contribution in [0.5, 0.6) is 0 Å². The van der Waals surface area contributed by atoms with E-state index in [1.807, 2.05) is 13.2 Å². The monoisotopic (exact) mass is 302 g/mol. The first-order valence-corrected chi connectivity index (χ1v) is 8.32. The number of thiazole rings is 1. The lowest BCUT2D eigenvalue weighted by atomic mass is 10.2. The van der Waals surface area contributed by atoms with Gasteiger partial charge in [0, 0.05) is 17.2 Å². The topological polar surface area (TPSA) is 68.3 Å². The summed E-state index contributed by atoms with van der Waals surface area (Å²) in [5.41, 5.74) is 0.271. The van der Waals surface area contributed by atoms with Gasteiger partial charge in [0.15, 0.2) is 0 Å². The van der Waals surface area contributed by atoms with Crippen molar-refractivity contribution in [1.82, 2.24) is 10.3 Å². The van der Waals surface area contributed by atoms with E-state index < -0.39 is 5.97 Å². The number of esters is 1. The van der Waals surface area contributed by atoms with Gasteiger partial charge in [-0.25, -0.2) is 9.78 Å². The predicted octanol–water partition coefficient (Wildman–Crippen LogP) is 2.19. The maximum absolute atomic E-state index is 12.0. The molecule has 19 heavy (non-hydrogen) atoms. The number of carbonyl (C=O) groups excluding carboxylic acids is 2. The molecule has 0 aromatic carbocycles. The molecule has 0 aliphatic carbocycles. The number of hydrogen-bond acceptors (Lipinski definition) is 6. The zero-order valence-electron chi connectivity index (χ0n) is 11.3. The van der Waals surface area contributed by atoms with Crippen LogP contribution in [0.2, 0.25) is 0 Å². The highest BCUT2D eigenvalue weighted by Gasteiger charge is 2.18. The van der Waals surface area contributed by atoms with Crippen molar-refractivity contribution in [2.24, 2.45) is 0 Å². The van der Waals surface area contributed by atoms with Gasteiger partial charge in [0.05, 0.1) is 6.61 Å². The summed E-state index contributed by atoms with van der Waals surface area (Å²) in [5, 5.41) is 4.69. The van der Waals surface area contributed by atoms with Gasteiger partial charge in [-0.2, -0.15) is 11.8 Å². The van der Waals surface area contributed by atoms with Crippen molar-refractivity contribution >= 4 is 35.0 Å². The minimum Gasteiger partial charge on any atom is -0.461 e. The van der Waals surface area contributed by atoms with Crippen LogP contribution in [0.3, 0.4) is 0 Å². The Labute approximate surface area is 121 Å². The van der Waals surface area contributed by atoms with Crippen molar-refractivity contribution in [2.45, 2.75) is 26.3 Å². The van der Waals surface area contributed by atoms with E-state index in [2.05, 4.69) is 10.3 Å². The molecule has 0 saturated heterocycles. The van der Waals surface area contributed by atoms with Crippen LogP contribution < -0.4 is 5.32 Å². The summed E-state index contributed by atoms with van der Waals surface area (Å²) in [6.07, 6.45) is 2.86. The van der Waals surface area contributed by atoms with E-state index in [1.165, 1.54) is 0 Å². The summed E-state index contributed by atoms with van der Waals surface area (Å²) >= 11 is 2.80. The van der Waals surface area contributed by atoms with Gasteiger partial charge >= 0.3 is 5.97 Å². The molecule has 1 heterocycles. The largest absolute Gasteiger partial charge is 0.461 e. The number of ether oxygens (including phenoxy) is 1. The molecule has 1 rings (SSSR count). The zero-order valence-corrected chi connectivity index (χ0v) is 12.9. The number of nitrogens with one attached hydrogen (secondary N) is 1. The summed E-state index contributed by atoms with van der Waals surface area (Å²) in [6.45, 7) is 4.05. The summed E-state index contributed by atoms with van der Waals surface area (Å²) < 4.78 is 4.84. The third kappa shape index (κ3) is 4.83. The molecule has 1 N–H and O–H groups in total. The molecule has 1 aromatic heterocycles.